The summed E-state index contributed by atoms with van der Waals surface area (Å²) in [5.41, 5.74) is 0.246. The van der Waals surface area contributed by atoms with E-state index in [4.69, 9.17) is 0 Å². The molecule has 7 heteroatoms. The van der Waals surface area contributed by atoms with E-state index in [0.29, 0.717) is 17.0 Å². The number of hydrogen-bond donors (Lipinski definition) is 1. The van der Waals surface area contributed by atoms with Gasteiger partial charge in [0.15, 0.2) is 5.65 Å². The summed E-state index contributed by atoms with van der Waals surface area (Å²) < 4.78 is 1.81. The standard InChI is InChI=1S/C16H21N5OS/c1-5-20(10-11-7-6-8-23-11)15-18-13-12(14(22)19-15)9-17-21(13)16(2,3)4/h6-9H,5,10H2,1-4H3,(H,18,19,22). The number of rotatable bonds is 4. The van der Waals surface area contributed by atoms with Crippen LogP contribution in [0, 0.1) is 0 Å². The molecular formula is C16H21N5OS. The minimum atomic E-state index is -0.232. The van der Waals surface area contributed by atoms with Crippen molar-refractivity contribution in [1.29, 1.82) is 0 Å². The third-order valence-electron chi connectivity index (χ3n) is 3.67. The molecule has 23 heavy (non-hydrogen) atoms. The van der Waals surface area contributed by atoms with Gasteiger partial charge in [-0.1, -0.05) is 6.07 Å². The van der Waals surface area contributed by atoms with Crippen molar-refractivity contribution in [3.05, 3.63) is 38.9 Å². The number of thiophene rings is 1. The van der Waals surface area contributed by atoms with Crippen LogP contribution in [0.4, 0.5) is 5.95 Å². The molecule has 0 radical (unpaired) electrons. The molecule has 0 aliphatic carbocycles. The van der Waals surface area contributed by atoms with Gasteiger partial charge in [-0.15, -0.1) is 11.3 Å². The molecule has 0 amide bonds. The molecule has 0 saturated heterocycles. The molecule has 3 rings (SSSR count). The molecule has 6 nitrogen and oxygen atoms in total. The quantitative estimate of drug-likeness (QED) is 0.798. The lowest BCUT2D eigenvalue weighted by molar-refractivity contribution is 0.366. The number of nitrogens with zero attached hydrogens (tertiary/aromatic N) is 4. The first-order valence-electron chi connectivity index (χ1n) is 7.66. The molecule has 0 aliphatic rings. The average molecular weight is 331 g/mol. The Morgan fingerprint density at radius 1 is 1.39 bits per heavy atom. The predicted molar refractivity (Wildman–Crippen MR) is 94.2 cm³/mol. The van der Waals surface area contributed by atoms with E-state index in [9.17, 15) is 4.79 Å². The van der Waals surface area contributed by atoms with Crippen LogP contribution < -0.4 is 10.5 Å². The Balaban J connectivity index is 2.08. The second-order valence-corrected chi connectivity index (χ2v) is 7.48. The Morgan fingerprint density at radius 3 is 2.78 bits per heavy atom. The van der Waals surface area contributed by atoms with E-state index >= 15 is 0 Å². The van der Waals surface area contributed by atoms with E-state index in [0.717, 1.165) is 13.1 Å². The molecule has 0 spiro atoms. The van der Waals surface area contributed by atoms with Gasteiger partial charge in [0.1, 0.15) is 5.39 Å². The van der Waals surface area contributed by atoms with Crippen LogP contribution in [-0.2, 0) is 12.1 Å². The van der Waals surface area contributed by atoms with Gasteiger partial charge in [0.2, 0.25) is 5.95 Å². The minimum Gasteiger partial charge on any atom is -0.337 e. The number of anilines is 1. The summed E-state index contributed by atoms with van der Waals surface area (Å²) in [6.07, 6.45) is 1.59. The van der Waals surface area contributed by atoms with Crippen molar-refractivity contribution in [3.63, 3.8) is 0 Å². The Labute approximate surface area is 138 Å². The first kappa shape index (κ1) is 15.7. The molecule has 3 aromatic heterocycles. The van der Waals surface area contributed by atoms with Gasteiger partial charge in [-0.3, -0.25) is 9.78 Å². The monoisotopic (exact) mass is 331 g/mol. The SMILES string of the molecule is CCN(Cc1cccs1)c1nc2c(cnn2C(C)(C)C)c(=O)[nH]1. The Bertz CT molecular complexity index is 857. The highest BCUT2D eigenvalue weighted by Gasteiger charge is 2.21. The van der Waals surface area contributed by atoms with E-state index in [-0.39, 0.29) is 11.1 Å². The first-order chi connectivity index (χ1) is 10.9. The lowest BCUT2D eigenvalue weighted by Crippen LogP contribution is -2.28. The van der Waals surface area contributed by atoms with E-state index in [1.165, 1.54) is 4.88 Å². The van der Waals surface area contributed by atoms with Gasteiger partial charge in [-0.25, -0.2) is 4.68 Å². The van der Waals surface area contributed by atoms with Crippen molar-refractivity contribution in [1.82, 2.24) is 19.7 Å². The molecular weight excluding hydrogens is 310 g/mol. The fourth-order valence-electron chi connectivity index (χ4n) is 2.47. The van der Waals surface area contributed by atoms with Gasteiger partial charge in [0.25, 0.3) is 5.56 Å². The van der Waals surface area contributed by atoms with Crippen LogP contribution in [0.3, 0.4) is 0 Å². The Hall–Kier alpha value is -2.15. The fourth-order valence-corrected chi connectivity index (χ4v) is 3.19. The van der Waals surface area contributed by atoms with Crippen molar-refractivity contribution >= 4 is 28.3 Å². The molecule has 122 valence electrons. The summed E-state index contributed by atoms with van der Waals surface area (Å²) in [4.78, 5) is 23.3. The van der Waals surface area contributed by atoms with Crippen molar-refractivity contribution < 1.29 is 0 Å². The fraction of sp³-hybridized carbons (Fsp3) is 0.438. The molecule has 0 saturated carbocycles. The molecule has 0 aliphatic heterocycles. The number of aromatic amines is 1. The van der Waals surface area contributed by atoms with Crippen LogP contribution in [0.25, 0.3) is 11.0 Å². The molecule has 0 aromatic carbocycles. The van der Waals surface area contributed by atoms with Crippen LogP contribution in [0.15, 0.2) is 28.5 Å². The normalized spacial score (nSPS) is 12.0. The Kier molecular flexibility index (Phi) is 3.97. The summed E-state index contributed by atoms with van der Waals surface area (Å²) >= 11 is 1.70. The maximum atomic E-state index is 12.4. The van der Waals surface area contributed by atoms with Crippen LogP contribution in [0.1, 0.15) is 32.6 Å². The van der Waals surface area contributed by atoms with Crippen LogP contribution in [-0.4, -0.2) is 26.3 Å². The number of fused-ring (bicyclic) bond motifs is 1. The third-order valence-corrected chi connectivity index (χ3v) is 4.53. The smallest absolute Gasteiger partial charge is 0.263 e. The molecule has 3 aromatic rings. The van der Waals surface area contributed by atoms with Crippen molar-refractivity contribution in [2.24, 2.45) is 0 Å². The van der Waals surface area contributed by atoms with Gasteiger partial charge < -0.3 is 4.90 Å². The van der Waals surface area contributed by atoms with E-state index < -0.39 is 0 Å². The summed E-state index contributed by atoms with van der Waals surface area (Å²) in [5, 5.41) is 6.92. The minimum absolute atomic E-state index is 0.148. The summed E-state index contributed by atoms with van der Waals surface area (Å²) in [6, 6.07) is 4.12. The lowest BCUT2D eigenvalue weighted by atomic mass is 10.1. The van der Waals surface area contributed by atoms with Gasteiger partial charge >= 0.3 is 0 Å². The maximum Gasteiger partial charge on any atom is 0.263 e. The maximum absolute atomic E-state index is 12.4. The van der Waals surface area contributed by atoms with Crippen LogP contribution >= 0.6 is 11.3 Å². The number of hydrogen-bond acceptors (Lipinski definition) is 5. The largest absolute Gasteiger partial charge is 0.337 e. The highest BCUT2D eigenvalue weighted by atomic mass is 32.1. The van der Waals surface area contributed by atoms with Crippen molar-refractivity contribution in [2.75, 3.05) is 11.4 Å². The predicted octanol–water partition coefficient (Wildman–Crippen LogP) is 2.96. The van der Waals surface area contributed by atoms with Crippen molar-refractivity contribution in [2.45, 2.75) is 39.8 Å². The summed E-state index contributed by atoms with van der Waals surface area (Å²) in [6.45, 7) is 9.68. The second kappa shape index (κ2) is 5.81. The second-order valence-electron chi connectivity index (χ2n) is 6.45. The highest BCUT2D eigenvalue weighted by Crippen LogP contribution is 2.21. The lowest BCUT2D eigenvalue weighted by Gasteiger charge is -2.22. The molecule has 3 heterocycles. The molecule has 0 fully saturated rings. The molecule has 0 unspecified atom stereocenters. The van der Waals surface area contributed by atoms with Crippen molar-refractivity contribution in [3.8, 4) is 0 Å². The zero-order valence-corrected chi connectivity index (χ0v) is 14.6. The Morgan fingerprint density at radius 2 is 2.17 bits per heavy atom. The van der Waals surface area contributed by atoms with Crippen LogP contribution in [0.2, 0.25) is 0 Å². The highest BCUT2D eigenvalue weighted by molar-refractivity contribution is 7.09. The van der Waals surface area contributed by atoms with Gasteiger partial charge in [0, 0.05) is 11.4 Å². The van der Waals surface area contributed by atoms with E-state index in [1.54, 1.807) is 22.2 Å². The number of H-pyrrole nitrogens is 1. The number of aromatic nitrogens is 4. The summed E-state index contributed by atoms with van der Waals surface area (Å²) in [7, 11) is 0. The van der Waals surface area contributed by atoms with E-state index in [1.807, 2.05) is 26.8 Å². The zero-order valence-electron chi connectivity index (χ0n) is 13.8. The average Bonchev–Trinajstić information content (AvgIpc) is 3.13. The van der Waals surface area contributed by atoms with Gasteiger partial charge in [0.05, 0.1) is 18.3 Å². The molecule has 1 N–H and O–H groups in total. The molecule has 0 atom stereocenters. The molecule has 0 bridgehead atoms. The van der Waals surface area contributed by atoms with Gasteiger partial charge in [-0.2, -0.15) is 10.1 Å². The van der Waals surface area contributed by atoms with Gasteiger partial charge in [-0.05, 0) is 39.1 Å². The zero-order chi connectivity index (χ0) is 16.6. The van der Waals surface area contributed by atoms with Crippen LogP contribution in [0.5, 0.6) is 0 Å². The topological polar surface area (TPSA) is 66.8 Å². The first-order valence-corrected chi connectivity index (χ1v) is 8.54. The third kappa shape index (κ3) is 3.01. The van der Waals surface area contributed by atoms with E-state index in [2.05, 4.69) is 38.3 Å². The number of nitrogens with one attached hydrogen (secondary N) is 1. The summed E-state index contributed by atoms with van der Waals surface area (Å²) in [5.74, 6) is 0.587.